The fraction of sp³-hybridized carbons (Fsp3) is 0.364. The Hall–Kier alpha value is -2.11. The molecule has 6 heteroatoms. The maximum absolute atomic E-state index is 11.5. The van der Waals surface area contributed by atoms with E-state index in [4.69, 9.17) is 4.42 Å². The van der Waals surface area contributed by atoms with Crippen LogP contribution in [0.15, 0.2) is 20.3 Å². The van der Waals surface area contributed by atoms with Crippen molar-refractivity contribution in [2.24, 2.45) is 4.99 Å². The molecular weight excluding hydrogens is 226 g/mol. The van der Waals surface area contributed by atoms with E-state index in [1.807, 2.05) is 0 Å². The second-order valence-corrected chi connectivity index (χ2v) is 3.38. The van der Waals surface area contributed by atoms with Crippen LogP contribution in [0.5, 0.6) is 5.75 Å². The van der Waals surface area contributed by atoms with E-state index in [0.29, 0.717) is 5.76 Å². The van der Waals surface area contributed by atoms with Gasteiger partial charge in [-0.2, -0.15) is 0 Å². The summed E-state index contributed by atoms with van der Waals surface area (Å²) >= 11 is 0. The van der Waals surface area contributed by atoms with E-state index in [0.717, 1.165) is 0 Å². The lowest BCUT2D eigenvalue weighted by molar-refractivity contribution is -0.138. The van der Waals surface area contributed by atoms with Gasteiger partial charge in [0.2, 0.25) is 0 Å². The van der Waals surface area contributed by atoms with Crippen molar-refractivity contribution in [3.05, 3.63) is 27.8 Å². The summed E-state index contributed by atoms with van der Waals surface area (Å²) in [5, 5.41) is 9.61. The van der Waals surface area contributed by atoms with Gasteiger partial charge in [0, 0.05) is 6.07 Å². The van der Waals surface area contributed by atoms with E-state index >= 15 is 0 Å². The molecule has 92 valence electrons. The largest absolute Gasteiger partial charge is 0.507 e. The smallest absolute Gasteiger partial charge is 0.348 e. The normalized spacial score (nSPS) is 11.4. The zero-order valence-electron chi connectivity index (χ0n) is 9.81. The van der Waals surface area contributed by atoms with Gasteiger partial charge in [-0.05, 0) is 13.8 Å². The van der Waals surface area contributed by atoms with Crippen molar-refractivity contribution in [2.45, 2.75) is 13.8 Å². The molecule has 0 bridgehead atoms. The summed E-state index contributed by atoms with van der Waals surface area (Å²) in [6.07, 6.45) is 0. The quantitative estimate of drug-likeness (QED) is 0.617. The Kier molecular flexibility index (Phi) is 4.03. The van der Waals surface area contributed by atoms with Gasteiger partial charge in [0.25, 0.3) is 0 Å². The third-order valence-corrected chi connectivity index (χ3v) is 2.09. The number of esters is 1. The number of methoxy groups -OCH3 is 1. The molecule has 1 N–H and O–H groups in total. The summed E-state index contributed by atoms with van der Waals surface area (Å²) < 4.78 is 9.24. The molecule has 0 aliphatic carbocycles. The van der Waals surface area contributed by atoms with Crippen molar-refractivity contribution < 1.29 is 19.1 Å². The van der Waals surface area contributed by atoms with E-state index < -0.39 is 11.6 Å². The molecule has 0 saturated heterocycles. The second-order valence-electron chi connectivity index (χ2n) is 3.38. The van der Waals surface area contributed by atoms with Crippen LogP contribution in [0.3, 0.4) is 0 Å². The van der Waals surface area contributed by atoms with Crippen molar-refractivity contribution in [1.82, 2.24) is 0 Å². The predicted octanol–water partition coefficient (Wildman–Crippen LogP) is 0.636. The Bertz CT molecular complexity index is 515. The first-order valence-electron chi connectivity index (χ1n) is 4.87. The monoisotopic (exact) mass is 239 g/mol. The highest BCUT2D eigenvalue weighted by Gasteiger charge is 2.13. The molecule has 1 heterocycles. The molecule has 0 aliphatic rings. The number of nitrogens with zero attached hydrogens (tertiary/aromatic N) is 1. The van der Waals surface area contributed by atoms with Gasteiger partial charge in [-0.25, -0.2) is 4.79 Å². The zero-order chi connectivity index (χ0) is 13.0. The number of aromatic hydroxyl groups is 1. The first-order chi connectivity index (χ1) is 7.95. The fourth-order valence-electron chi connectivity index (χ4n) is 1.26. The van der Waals surface area contributed by atoms with Gasteiger partial charge in [-0.3, -0.25) is 9.79 Å². The minimum Gasteiger partial charge on any atom is -0.507 e. The van der Waals surface area contributed by atoms with Crippen molar-refractivity contribution >= 4 is 11.7 Å². The third kappa shape index (κ3) is 3.17. The van der Waals surface area contributed by atoms with Gasteiger partial charge in [0.05, 0.1) is 12.8 Å². The molecule has 6 nitrogen and oxygen atoms in total. The maximum Gasteiger partial charge on any atom is 0.348 e. The summed E-state index contributed by atoms with van der Waals surface area (Å²) in [5.41, 5.74) is -0.505. The number of aryl methyl sites for hydroxylation is 1. The molecule has 0 atom stereocenters. The average molecular weight is 239 g/mol. The highest BCUT2D eigenvalue weighted by molar-refractivity contribution is 6.01. The molecule has 1 aromatic rings. The SMILES string of the molecule is COC(=O)CN=C(C)c1c(O)cc(C)oc1=O. The summed E-state index contributed by atoms with van der Waals surface area (Å²) in [6.45, 7) is 2.84. The maximum atomic E-state index is 11.5. The second kappa shape index (κ2) is 5.29. The van der Waals surface area contributed by atoms with Gasteiger partial charge in [-0.15, -0.1) is 0 Å². The molecule has 1 aromatic heterocycles. The molecule has 0 aromatic carbocycles. The van der Waals surface area contributed by atoms with Crippen LogP contribution in [0.25, 0.3) is 0 Å². The van der Waals surface area contributed by atoms with Gasteiger partial charge < -0.3 is 14.3 Å². The van der Waals surface area contributed by atoms with Crippen LogP contribution in [0.4, 0.5) is 0 Å². The highest BCUT2D eigenvalue weighted by Crippen LogP contribution is 2.15. The van der Waals surface area contributed by atoms with Crippen LogP contribution in [0, 0.1) is 6.92 Å². The van der Waals surface area contributed by atoms with Crippen LogP contribution in [0.1, 0.15) is 18.2 Å². The molecule has 0 radical (unpaired) electrons. The van der Waals surface area contributed by atoms with Crippen molar-refractivity contribution in [3.8, 4) is 5.75 Å². The minimum atomic E-state index is -0.686. The Morgan fingerprint density at radius 3 is 2.76 bits per heavy atom. The molecule has 1 rings (SSSR count). The van der Waals surface area contributed by atoms with Crippen molar-refractivity contribution in [1.29, 1.82) is 0 Å². The van der Waals surface area contributed by atoms with Crippen LogP contribution in [-0.2, 0) is 9.53 Å². The standard InChI is InChI=1S/C11H13NO5/c1-6-4-8(13)10(11(15)17-6)7(2)12-5-9(14)16-3/h4,13H,5H2,1-3H3. The number of carbonyl (C=O) groups excluding carboxylic acids is 1. The topological polar surface area (TPSA) is 89.1 Å². The Balaban J connectivity index is 3.08. The molecule has 0 aliphatic heterocycles. The summed E-state index contributed by atoms with van der Waals surface area (Å²) in [6, 6.07) is 1.31. The Morgan fingerprint density at radius 1 is 1.59 bits per heavy atom. The van der Waals surface area contributed by atoms with Gasteiger partial charge in [0.15, 0.2) is 0 Å². The van der Waals surface area contributed by atoms with E-state index in [1.165, 1.54) is 20.1 Å². The zero-order valence-corrected chi connectivity index (χ0v) is 9.81. The predicted molar refractivity (Wildman–Crippen MR) is 60.5 cm³/mol. The Morgan fingerprint density at radius 2 is 2.24 bits per heavy atom. The molecule has 0 fully saturated rings. The lowest BCUT2D eigenvalue weighted by Crippen LogP contribution is -2.15. The lowest BCUT2D eigenvalue weighted by Gasteiger charge is -2.03. The summed E-state index contributed by atoms with van der Waals surface area (Å²) in [7, 11) is 1.24. The third-order valence-electron chi connectivity index (χ3n) is 2.09. The van der Waals surface area contributed by atoms with Crippen LogP contribution in [0.2, 0.25) is 0 Å². The Labute approximate surface area is 97.6 Å². The number of hydrogen-bond acceptors (Lipinski definition) is 6. The minimum absolute atomic E-state index is 0.0421. The van der Waals surface area contributed by atoms with Crippen molar-refractivity contribution in [3.63, 3.8) is 0 Å². The van der Waals surface area contributed by atoms with Crippen LogP contribution < -0.4 is 5.63 Å². The number of hydrogen-bond donors (Lipinski definition) is 1. The molecule has 0 amide bonds. The first kappa shape index (κ1) is 13.0. The van der Waals surface area contributed by atoms with Crippen molar-refractivity contribution in [2.75, 3.05) is 13.7 Å². The van der Waals surface area contributed by atoms with E-state index in [2.05, 4.69) is 9.73 Å². The number of ether oxygens (including phenoxy) is 1. The number of rotatable bonds is 3. The fourth-order valence-corrected chi connectivity index (χ4v) is 1.26. The number of carbonyl (C=O) groups is 1. The molecule has 17 heavy (non-hydrogen) atoms. The van der Waals surface area contributed by atoms with E-state index in [-0.39, 0.29) is 23.6 Å². The summed E-state index contributed by atoms with van der Waals surface area (Å²) in [4.78, 5) is 26.2. The summed E-state index contributed by atoms with van der Waals surface area (Å²) in [5.74, 6) is -0.442. The first-order valence-corrected chi connectivity index (χ1v) is 4.87. The highest BCUT2D eigenvalue weighted by atomic mass is 16.5. The van der Waals surface area contributed by atoms with Gasteiger partial charge in [0.1, 0.15) is 23.6 Å². The van der Waals surface area contributed by atoms with Gasteiger partial charge >= 0.3 is 11.6 Å². The number of aliphatic imine (C=N–C) groups is 1. The molecule has 0 unspecified atom stereocenters. The molecular formula is C11H13NO5. The van der Waals surface area contributed by atoms with Crippen LogP contribution >= 0.6 is 0 Å². The van der Waals surface area contributed by atoms with E-state index in [9.17, 15) is 14.7 Å². The van der Waals surface area contributed by atoms with E-state index in [1.54, 1.807) is 6.92 Å². The van der Waals surface area contributed by atoms with Gasteiger partial charge in [-0.1, -0.05) is 0 Å². The molecule has 0 saturated carbocycles. The van der Waals surface area contributed by atoms with Crippen LogP contribution in [-0.4, -0.2) is 30.4 Å². The average Bonchev–Trinajstić information content (AvgIpc) is 2.24. The lowest BCUT2D eigenvalue weighted by atomic mass is 10.1. The molecule has 0 spiro atoms.